The molecular weight excluding hydrogens is 407 g/mol. The van der Waals surface area contributed by atoms with E-state index in [4.69, 9.17) is 4.74 Å². The first-order valence-corrected chi connectivity index (χ1v) is 10.3. The molecule has 0 saturated carbocycles. The van der Waals surface area contributed by atoms with Crippen molar-refractivity contribution in [3.63, 3.8) is 0 Å². The number of carbonyl (C=O) groups excluding carboxylic acids is 2. The lowest BCUT2D eigenvalue weighted by Gasteiger charge is -2.16. The molecule has 0 spiro atoms. The van der Waals surface area contributed by atoms with Gasteiger partial charge in [-0.15, -0.1) is 0 Å². The van der Waals surface area contributed by atoms with E-state index in [2.05, 4.69) is 5.32 Å². The van der Waals surface area contributed by atoms with Gasteiger partial charge in [0.1, 0.15) is 17.3 Å². The van der Waals surface area contributed by atoms with Crippen LogP contribution in [0.25, 0.3) is 5.57 Å². The van der Waals surface area contributed by atoms with Crippen LogP contribution in [0, 0.1) is 19.7 Å². The van der Waals surface area contributed by atoms with E-state index in [0.717, 1.165) is 16.0 Å². The Bertz CT molecular complexity index is 1230. The maximum Gasteiger partial charge on any atom is 0.282 e. The second-order valence-electron chi connectivity index (χ2n) is 7.56. The smallest absolute Gasteiger partial charge is 0.282 e. The van der Waals surface area contributed by atoms with Crippen molar-refractivity contribution >= 4 is 28.8 Å². The molecule has 0 bridgehead atoms. The standard InChI is InChI=1S/C26H23FN2O3/c1-4-32-22-12-10-21(11-13-22)29-25(30)23(18-9-8-16(2)17(3)14-18)24(26(29)31)28-20-7-5-6-19(27)15-20/h5-15,28H,4H2,1-3H3. The summed E-state index contributed by atoms with van der Waals surface area (Å²) in [5.41, 5.74) is 3.87. The number of amides is 2. The Morgan fingerprint density at radius 1 is 0.906 bits per heavy atom. The number of halogens is 1. The van der Waals surface area contributed by atoms with Crippen molar-refractivity contribution < 1.29 is 18.7 Å². The van der Waals surface area contributed by atoms with Crippen LogP contribution in [0.3, 0.4) is 0 Å². The number of ether oxygens (including phenoxy) is 1. The maximum atomic E-state index is 13.7. The Balaban J connectivity index is 1.79. The molecule has 0 aliphatic carbocycles. The Morgan fingerprint density at radius 2 is 1.66 bits per heavy atom. The summed E-state index contributed by atoms with van der Waals surface area (Å²) < 4.78 is 19.2. The van der Waals surface area contributed by atoms with Crippen molar-refractivity contribution in [1.82, 2.24) is 0 Å². The van der Waals surface area contributed by atoms with E-state index in [9.17, 15) is 14.0 Å². The van der Waals surface area contributed by atoms with Crippen LogP contribution in [0.5, 0.6) is 5.75 Å². The molecule has 0 radical (unpaired) electrons. The molecular formula is C26H23FN2O3. The van der Waals surface area contributed by atoms with E-state index in [1.807, 2.05) is 39.0 Å². The highest BCUT2D eigenvalue weighted by Crippen LogP contribution is 2.35. The number of anilines is 2. The van der Waals surface area contributed by atoms with E-state index in [1.165, 1.54) is 12.1 Å². The summed E-state index contributed by atoms with van der Waals surface area (Å²) in [4.78, 5) is 28.0. The first kappa shape index (κ1) is 21.3. The zero-order valence-electron chi connectivity index (χ0n) is 18.1. The molecule has 3 aromatic carbocycles. The molecule has 1 aliphatic rings. The van der Waals surface area contributed by atoms with Gasteiger partial charge in [-0.3, -0.25) is 9.59 Å². The number of nitrogens with one attached hydrogen (secondary N) is 1. The van der Waals surface area contributed by atoms with Crippen LogP contribution in [-0.2, 0) is 9.59 Å². The SMILES string of the molecule is CCOc1ccc(N2C(=O)C(Nc3cccc(F)c3)=C(c3ccc(C)c(C)c3)C2=O)cc1. The third kappa shape index (κ3) is 3.99. The molecule has 1 heterocycles. The maximum absolute atomic E-state index is 13.7. The zero-order valence-corrected chi connectivity index (χ0v) is 18.1. The molecule has 0 atom stereocenters. The van der Waals surface area contributed by atoms with Gasteiger partial charge in [-0.05, 0) is 79.9 Å². The fourth-order valence-electron chi connectivity index (χ4n) is 3.61. The predicted octanol–water partition coefficient (Wildman–Crippen LogP) is 5.24. The van der Waals surface area contributed by atoms with Gasteiger partial charge in [-0.25, -0.2) is 9.29 Å². The predicted molar refractivity (Wildman–Crippen MR) is 123 cm³/mol. The molecule has 1 aliphatic heterocycles. The Labute approximate surface area is 186 Å². The van der Waals surface area contributed by atoms with E-state index in [-0.39, 0.29) is 11.3 Å². The van der Waals surface area contributed by atoms with Gasteiger partial charge in [0.2, 0.25) is 0 Å². The molecule has 1 N–H and O–H groups in total. The van der Waals surface area contributed by atoms with Crippen molar-refractivity contribution in [2.24, 2.45) is 0 Å². The van der Waals surface area contributed by atoms with Gasteiger partial charge in [0.05, 0.1) is 17.9 Å². The van der Waals surface area contributed by atoms with Crippen LogP contribution >= 0.6 is 0 Å². The molecule has 4 rings (SSSR count). The Hall–Kier alpha value is -3.93. The van der Waals surface area contributed by atoms with Crippen LogP contribution in [0.4, 0.5) is 15.8 Å². The van der Waals surface area contributed by atoms with Crippen LogP contribution in [0.1, 0.15) is 23.6 Å². The summed E-state index contributed by atoms with van der Waals surface area (Å²) >= 11 is 0. The van der Waals surface area contributed by atoms with E-state index < -0.39 is 17.6 Å². The van der Waals surface area contributed by atoms with Crippen LogP contribution in [0.15, 0.2) is 72.4 Å². The van der Waals surface area contributed by atoms with Crippen molar-refractivity contribution in [2.75, 3.05) is 16.8 Å². The third-order valence-corrected chi connectivity index (χ3v) is 5.38. The van der Waals surface area contributed by atoms with Crippen LogP contribution in [0.2, 0.25) is 0 Å². The largest absolute Gasteiger partial charge is 0.494 e. The average Bonchev–Trinajstić information content (AvgIpc) is 3.01. The Morgan fingerprint density at radius 3 is 2.31 bits per heavy atom. The molecule has 162 valence electrons. The number of nitrogens with zero attached hydrogens (tertiary/aromatic N) is 1. The molecule has 2 amide bonds. The monoisotopic (exact) mass is 430 g/mol. The summed E-state index contributed by atoms with van der Waals surface area (Å²) in [5.74, 6) is -0.739. The first-order valence-electron chi connectivity index (χ1n) is 10.3. The molecule has 3 aromatic rings. The minimum atomic E-state index is -0.503. The lowest BCUT2D eigenvalue weighted by atomic mass is 9.99. The first-order chi connectivity index (χ1) is 15.4. The van der Waals surface area contributed by atoms with Gasteiger partial charge < -0.3 is 10.1 Å². The average molecular weight is 430 g/mol. The lowest BCUT2D eigenvalue weighted by molar-refractivity contribution is -0.120. The number of carbonyl (C=O) groups is 2. The molecule has 0 fully saturated rings. The lowest BCUT2D eigenvalue weighted by Crippen LogP contribution is -2.32. The zero-order chi connectivity index (χ0) is 22.8. The third-order valence-electron chi connectivity index (χ3n) is 5.38. The molecule has 0 aromatic heterocycles. The van der Waals surface area contributed by atoms with Crippen LogP contribution in [-0.4, -0.2) is 18.4 Å². The summed E-state index contributed by atoms with van der Waals surface area (Å²) in [6.07, 6.45) is 0. The highest BCUT2D eigenvalue weighted by molar-refractivity contribution is 6.46. The topological polar surface area (TPSA) is 58.6 Å². The number of aryl methyl sites for hydroxylation is 2. The van der Waals surface area contributed by atoms with Crippen molar-refractivity contribution in [2.45, 2.75) is 20.8 Å². The van der Waals surface area contributed by atoms with Gasteiger partial charge in [-0.2, -0.15) is 0 Å². The van der Waals surface area contributed by atoms with Crippen LogP contribution < -0.4 is 15.0 Å². The normalized spacial score (nSPS) is 13.7. The molecule has 5 nitrogen and oxygen atoms in total. The fraction of sp³-hybridized carbons (Fsp3) is 0.154. The summed E-state index contributed by atoms with van der Waals surface area (Å²) in [6.45, 7) is 6.32. The minimum absolute atomic E-state index is 0.109. The fourth-order valence-corrected chi connectivity index (χ4v) is 3.61. The van der Waals surface area contributed by atoms with Gasteiger partial charge in [-0.1, -0.05) is 24.3 Å². The number of hydrogen-bond acceptors (Lipinski definition) is 4. The molecule has 0 saturated heterocycles. The summed E-state index contributed by atoms with van der Waals surface area (Å²) in [7, 11) is 0. The quantitative estimate of drug-likeness (QED) is 0.544. The van der Waals surface area contributed by atoms with E-state index in [1.54, 1.807) is 36.4 Å². The van der Waals surface area contributed by atoms with Gasteiger partial charge >= 0.3 is 0 Å². The highest BCUT2D eigenvalue weighted by Gasteiger charge is 2.40. The molecule has 0 unspecified atom stereocenters. The highest BCUT2D eigenvalue weighted by atomic mass is 19.1. The second-order valence-corrected chi connectivity index (χ2v) is 7.56. The molecule has 32 heavy (non-hydrogen) atoms. The van der Waals surface area contributed by atoms with Crippen molar-refractivity contribution in [1.29, 1.82) is 0 Å². The van der Waals surface area contributed by atoms with Gasteiger partial charge in [0.15, 0.2) is 0 Å². The van der Waals surface area contributed by atoms with Crippen molar-refractivity contribution in [3.8, 4) is 5.75 Å². The number of rotatable bonds is 6. The Kier molecular flexibility index (Phi) is 5.77. The number of imide groups is 1. The summed E-state index contributed by atoms with van der Waals surface area (Å²) in [6, 6.07) is 18.2. The van der Waals surface area contributed by atoms with Gasteiger partial charge in [0, 0.05) is 5.69 Å². The number of benzene rings is 3. The van der Waals surface area contributed by atoms with E-state index >= 15 is 0 Å². The molecule has 6 heteroatoms. The summed E-state index contributed by atoms with van der Waals surface area (Å²) in [5, 5.41) is 2.98. The second kappa shape index (κ2) is 8.67. The van der Waals surface area contributed by atoms with Crippen molar-refractivity contribution in [3.05, 3.63) is 94.9 Å². The van der Waals surface area contributed by atoms with E-state index in [0.29, 0.717) is 29.3 Å². The van der Waals surface area contributed by atoms with Gasteiger partial charge in [0.25, 0.3) is 11.8 Å². The number of hydrogen-bond donors (Lipinski definition) is 1. The minimum Gasteiger partial charge on any atom is -0.494 e.